The SMILES string of the molecule is Cc1nn(CC(C)C(=O)Nc2ccc(Cl)cc2[N+](=O)[O-])c(C)c1Br. The first-order valence-corrected chi connectivity index (χ1v) is 8.32. The van der Waals surface area contributed by atoms with Crippen molar-refractivity contribution >= 4 is 44.8 Å². The van der Waals surface area contributed by atoms with Gasteiger partial charge in [0.05, 0.1) is 27.6 Å². The van der Waals surface area contributed by atoms with Crippen LogP contribution in [0.3, 0.4) is 0 Å². The van der Waals surface area contributed by atoms with Crippen molar-refractivity contribution in [3.8, 4) is 0 Å². The molecule has 1 atom stereocenters. The van der Waals surface area contributed by atoms with E-state index in [4.69, 9.17) is 11.6 Å². The molecule has 1 aromatic carbocycles. The molecule has 0 saturated carbocycles. The van der Waals surface area contributed by atoms with Gasteiger partial charge in [0.25, 0.3) is 5.69 Å². The zero-order valence-corrected chi connectivity index (χ0v) is 15.7. The number of hydrogen-bond donors (Lipinski definition) is 1. The Kier molecular flexibility index (Phi) is 5.61. The number of nitrogens with one attached hydrogen (secondary N) is 1. The quantitative estimate of drug-likeness (QED) is 0.588. The van der Waals surface area contributed by atoms with Gasteiger partial charge in [-0.1, -0.05) is 18.5 Å². The summed E-state index contributed by atoms with van der Waals surface area (Å²) in [4.78, 5) is 22.9. The van der Waals surface area contributed by atoms with Gasteiger partial charge in [-0.25, -0.2) is 0 Å². The van der Waals surface area contributed by atoms with E-state index >= 15 is 0 Å². The number of amides is 1. The van der Waals surface area contributed by atoms with E-state index < -0.39 is 10.8 Å². The largest absolute Gasteiger partial charge is 0.320 e. The molecule has 2 aromatic rings. The molecule has 0 saturated heterocycles. The van der Waals surface area contributed by atoms with Crippen molar-refractivity contribution in [3.63, 3.8) is 0 Å². The molecule has 1 amide bonds. The van der Waals surface area contributed by atoms with E-state index in [2.05, 4.69) is 26.3 Å². The van der Waals surface area contributed by atoms with Gasteiger partial charge in [-0.3, -0.25) is 19.6 Å². The lowest BCUT2D eigenvalue weighted by atomic mass is 10.1. The van der Waals surface area contributed by atoms with Crippen LogP contribution in [0.25, 0.3) is 0 Å². The third kappa shape index (κ3) is 3.93. The van der Waals surface area contributed by atoms with E-state index in [1.165, 1.54) is 18.2 Å². The molecule has 128 valence electrons. The minimum absolute atomic E-state index is 0.121. The van der Waals surface area contributed by atoms with Gasteiger partial charge in [0.15, 0.2) is 0 Å². The molecule has 2 rings (SSSR count). The van der Waals surface area contributed by atoms with Crippen molar-refractivity contribution in [2.75, 3.05) is 5.32 Å². The molecular formula is C15H16BrClN4O3. The zero-order chi connectivity index (χ0) is 18.0. The van der Waals surface area contributed by atoms with Crippen LogP contribution >= 0.6 is 27.5 Å². The maximum atomic E-state index is 12.4. The van der Waals surface area contributed by atoms with Crippen LogP contribution in [0, 0.1) is 29.9 Å². The monoisotopic (exact) mass is 414 g/mol. The predicted octanol–water partition coefficient (Wildman–Crippen LogP) is 4.10. The number of aromatic nitrogens is 2. The van der Waals surface area contributed by atoms with E-state index in [-0.39, 0.29) is 22.3 Å². The van der Waals surface area contributed by atoms with E-state index in [1.54, 1.807) is 11.6 Å². The van der Waals surface area contributed by atoms with Crippen molar-refractivity contribution < 1.29 is 9.72 Å². The van der Waals surface area contributed by atoms with E-state index in [9.17, 15) is 14.9 Å². The van der Waals surface area contributed by atoms with Gasteiger partial charge in [-0.2, -0.15) is 5.10 Å². The number of carbonyl (C=O) groups excluding carboxylic acids is 1. The second-order valence-electron chi connectivity index (χ2n) is 5.48. The standard InChI is InChI=1S/C15H16BrClN4O3/c1-8(7-20-10(3)14(16)9(2)19-20)15(22)18-12-5-4-11(17)6-13(12)21(23)24/h4-6,8H,7H2,1-3H3,(H,18,22). The topological polar surface area (TPSA) is 90.1 Å². The molecule has 0 spiro atoms. The first kappa shape index (κ1) is 18.4. The lowest BCUT2D eigenvalue weighted by Crippen LogP contribution is -2.25. The number of nitrogens with zero attached hydrogens (tertiary/aromatic N) is 3. The van der Waals surface area contributed by atoms with Crippen molar-refractivity contribution in [2.45, 2.75) is 27.3 Å². The molecule has 0 aliphatic rings. The maximum Gasteiger partial charge on any atom is 0.294 e. The molecule has 9 heteroatoms. The molecule has 0 aliphatic carbocycles. The molecule has 24 heavy (non-hydrogen) atoms. The van der Waals surface area contributed by atoms with Crippen molar-refractivity contribution in [3.05, 3.63) is 49.2 Å². The van der Waals surface area contributed by atoms with Crippen molar-refractivity contribution in [1.82, 2.24) is 9.78 Å². The third-order valence-corrected chi connectivity index (χ3v) is 4.98. The van der Waals surface area contributed by atoms with Crippen LogP contribution in [-0.2, 0) is 11.3 Å². The van der Waals surface area contributed by atoms with E-state index in [1.807, 2.05) is 13.8 Å². The van der Waals surface area contributed by atoms with Gasteiger partial charge >= 0.3 is 0 Å². The zero-order valence-electron chi connectivity index (χ0n) is 13.3. The summed E-state index contributed by atoms with van der Waals surface area (Å²) in [5, 5.41) is 18.3. The summed E-state index contributed by atoms with van der Waals surface area (Å²) < 4.78 is 2.64. The lowest BCUT2D eigenvalue weighted by Gasteiger charge is -2.13. The smallest absolute Gasteiger partial charge is 0.294 e. The van der Waals surface area contributed by atoms with Gasteiger partial charge in [0.1, 0.15) is 5.69 Å². The van der Waals surface area contributed by atoms with Gasteiger partial charge in [-0.15, -0.1) is 0 Å². The Hall–Kier alpha value is -1.93. The van der Waals surface area contributed by atoms with Crippen LogP contribution in [0.2, 0.25) is 5.02 Å². The Bertz CT molecular complexity index is 806. The summed E-state index contributed by atoms with van der Waals surface area (Å²) in [6.07, 6.45) is 0. The average molecular weight is 416 g/mol. The Morgan fingerprint density at radius 2 is 2.17 bits per heavy atom. The highest BCUT2D eigenvalue weighted by Crippen LogP contribution is 2.28. The summed E-state index contributed by atoms with van der Waals surface area (Å²) in [6.45, 7) is 5.88. The number of aryl methyl sites for hydroxylation is 1. The molecule has 0 aliphatic heterocycles. The van der Waals surface area contributed by atoms with Crippen LogP contribution < -0.4 is 5.32 Å². The van der Waals surface area contributed by atoms with Crippen molar-refractivity contribution in [1.29, 1.82) is 0 Å². The Morgan fingerprint density at radius 3 is 2.71 bits per heavy atom. The van der Waals surface area contributed by atoms with Crippen molar-refractivity contribution in [2.24, 2.45) is 5.92 Å². The lowest BCUT2D eigenvalue weighted by molar-refractivity contribution is -0.383. The number of rotatable bonds is 5. The highest BCUT2D eigenvalue weighted by atomic mass is 79.9. The number of nitro groups is 1. The summed E-state index contributed by atoms with van der Waals surface area (Å²) in [5.74, 6) is -0.755. The molecule has 0 bridgehead atoms. The Balaban J connectivity index is 2.15. The number of benzene rings is 1. The minimum Gasteiger partial charge on any atom is -0.320 e. The fraction of sp³-hybridized carbons (Fsp3) is 0.333. The van der Waals surface area contributed by atoms with E-state index in [0.717, 1.165) is 15.9 Å². The fourth-order valence-electron chi connectivity index (χ4n) is 2.21. The summed E-state index contributed by atoms with van der Waals surface area (Å²) >= 11 is 9.21. The van der Waals surface area contributed by atoms with Crippen LogP contribution in [0.4, 0.5) is 11.4 Å². The molecule has 1 unspecified atom stereocenters. The summed E-state index contributed by atoms with van der Waals surface area (Å²) in [7, 11) is 0. The summed E-state index contributed by atoms with van der Waals surface area (Å²) in [5.41, 5.74) is 1.64. The molecule has 1 aromatic heterocycles. The molecule has 1 heterocycles. The number of halogens is 2. The maximum absolute atomic E-state index is 12.4. The molecule has 7 nitrogen and oxygen atoms in total. The average Bonchev–Trinajstić information content (AvgIpc) is 2.76. The highest BCUT2D eigenvalue weighted by Gasteiger charge is 2.21. The van der Waals surface area contributed by atoms with Crippen LogP contribution in [0.1, 0.15) is 18.3 Å². The Morgan fingerprint density at radius 1 is 1.50 bits per heavy atom. The van der Waals surface area contributed by atoms with Crippen LogP contribution in [0.5, 0.6) is 0 Å². The van der Waals surface area contributed by atoms with Gasteiger partial charge < -0.3 is 5.32 Å². The van der Waals surface area contributed by atoms with Gasteiger partial charge in [0.2, 0.25) is 5.91 Å². The molecule has 0 radical (unpaired) electrons. The molecule has 0 fully saturated rings. The van der Waals surface area contributed by atoms with E-state index in [0.29, 0.717) is 6.54 Å². The highest BCUT2D eigenvalue weighted by molar-refractivity contribution is 9.10. The summed E-state index contributed by atoms with van der Waals surface area (Å²) in [6, 6.07) is 4.12. The second kappa shape index (κ2) is 7.31. The fourth-order valence-corrected chi connectivity index (χ4v) is 2.66. The third-order valence-electron chi connectivity index (χ3n) is 3.60. The number of anilines is 1. The second-order valence-corrected chi connectivity index (χ2v) is 6.71. The van der Waals surface area contributed by atoms with Gasteiger partial charge in [0, 0.05) is 16.8 Å². The predicted molar refractivity (Wildman–Crippen MR) is 95.3 cm³/mol. The number of nitro benzene ring substituents is 1. The normalized spacial score (nSPS) is 12.0. The number of carbonyl (C=O) groups is 1. The molecule has 1 N–H and O–H groups in total. The van der Waals surface area contributed by atoms with Gasteiger partial charge in [-0.05, 0) is 41.9 Å². The Labute approximate surface area is 152 Å². The first-order valence-electron chi connectivity index (χ1n) is 7.15. The van der Waals surface area contributed by atoms with Crippen LogP contribution in [-0.4, -0.2) is 20.6 Å². The molecular weight excluding hydrogens is 400 g/mol. The number of hydrogen-bond acceptors (Lipinski definition) is 4. The minimum atomic E-state index is -0.579. The van der Waals surface area contributed by atoms with Crippen LogP contribution in [0.15, 0.2) is 22.7 Å². The first-order chi connectivity index (χ1) is 11.2.